The molecule has 140 valence electrons. The van der Waals surface area contributed by atoms with Crippen molar-refractivity contribution in [2.45, 2.75) is 0 Å². The monoisotopic (exact) mass is 393 g/mol. The van der Waals surface area contributed by atoms with E-state index in [0.29, 0.717) is 0 Å². The number of rotatable bonds is 4. The molecule has 0 saturated heterocycles. The van der Waals surface area contributed by atoms with Crippen molar-refractivity contribution in [2.75, 3.05) is 7.11 Å². The van der Waals surface area contributed by atoms with E-state index in [0.717, 1.165) is 5.75 Å². The summed E-state index contributed by atoms with van der Waals surface area (Å²) in [7, 11) is -0.264. The first kappa shape index (κ1) is 17.9. The van der Waals surface area contributed by atoms with Gasteiger partial charge in [0.2, 0.25) is 0 Å². The molecule has 0 amide bonds. The second-order valence-corrected chi connectivity index (χ2v) is 10.5. The topological polar surface area (TPSA) is 9.23 Å². The fraction of sp³-hybridized carbons (Fsp3) is 0.0370. The van der Waals surface area contributed by atoms with Gasteiger partial charge in [-0.05, 0) is 60.7 Å². The molecule has 0 radical (unpaired) electrons. The number of fused-ring (bicyclic) bond motifs is 1. The molecular formula is C27H22OP+. The Morgan fingerprint density at radius 3 is 1.72 bits per heavy atom. The van der Waals surface area contributed by atoms with Crippen LogP contribution >= 0.6 is 7.26 Å². The van der Waals surface area contributed by atoms with Gasteiger partial charge in [-0.15, -0.1) is 0 Å². The summed E-state index contributed by atoms with van der Waals surface area (Å²) in [5.74, 6) is 0.883. The molecule has 0 fully saturated rings. The summed E-state index contributed by atoms with van der Waals surface area (Å²) in [4.78, 5) is 0. The van der Waals surface area contributed by atoms with Crippen molar-refractivity contribution in [2.24, 2.45) is 0 Å². The van der Waals surface area contributed by atoms with Crippen molar-refractivity contribution in [3.05, 3.63) is 120 Å². The second kappa shape index (κ2) is 7.35. The lowest BCUT2D eigenvalue weighted by Gasteiger charge is -2.26. The van der Waals surface area contributed by atoms with Gasteiger partial charge < -0.3 is 4.74 Å². The van der Waals surface area contributed by atoms with Crippen LogP contribution in [-0.2, 0) is 0 Å². The molecule has 0 aliphatic carbocycles. The van der Waals surface area contributed by atoms with Crippen LogP contribution in [-0.4, -0.2) is 7.11 Å². The van der Waals surface area contributed by atoms with Crippen LogP contribution in [0.15, 0.2) is 109 Å². The molecule has 4 aromatic rings. The highest BCUT2D eigenvalue weighted by atomic mass is 31.2. The molecule has 1 nitrogen and oxygen atoms in total. The van der Waals surface area contributed by atoms with E-state index in [1.165, 1.54) is 32.4 Å². The molecule has 0 spiro atoms. The van der Waals surface area contributed by atoms with Gasteiger partial charge in [0.1, 0.15) is 34.2 Å². The fourth-order valence-electron chi connectivity index (χ4n) is 4.34. The Morgan fingerprint density at radius 2 is 1.14 bits per heavy atom. The highest BCUT2D eigenvalue weighted by Gasteiger charge is 2.54. The van der Waals surface area contributed by atoms with Crippen molar-refractivity contribution in [3.63, 3.8) is 0 Å². The first-order chi connectivity index (χ1) is 14.3. The van der Waals surface area contributed by atoms with Crippen LogP contribution in [0, 0.1) is 0 Å². The van der Waals surface area contributed by atoms with E-state index in [1.807, 2.05) is 0 Å². The second-order valence-electron chi connectivity index (χ2n) is 7.16. The van der Waals surface area contributed by atoms with Crippen LogP contribution < -0.4 is 20.7 Å². The van der Waals surface area contributed by atoms with Gasteiger partial charge >= 0.3 is 0 Å². The highest BCUT2D eigenvalue weighted by Crippen LogP contribution is 2.70. The van der Waals surface area contributed by atoms with Crippen molar-refractivity contribution >= 4 is 34.6 Å². The van der Waals surface area contributed by atoms with E-state index in [4.69, 9.17) is 4.74 Å². The van der Waals surface area contributed by atoms with Gasteiger partial charge in [-0.1, -0.05) is 54.6 Å². The molecule has 0 atom stereocenters. The normalized spacial score (nSPS) is 14.2. The predicted molar refractivity (Wildman–Crippen MR) is 126 cm³/mol. The standard InChI is InChI=1S/C27H22OP/c1-28-23-18-16-21(17-19-23)27-20-22-10-8-9-15-26(22)29(27,24-11-4-2-5-12-24)25-13-6-3-7-14-25/h2-20H,1H3/q+1. The largest absolute Gasteiger partial charge is 0.497 e. The van der Waals surface area contributed by atoms with Crippen LogP contribution in [0.5, 0.6) is 5.75 Å². The molecule has 4 aromatic carbocycles. The number of hydrogen-bond donors (Lipinski definition) is 0. The van der Waals surface area contributed by atoms with E-state index >= 15 is 0 Å². The van der Waals surface area contributed by atoms with Gasteiger partial charge in [0.25, 0.3) is 0 Å². The van der Waals surface area contributed by atoms with E-state index in [-0.39, 0.29) is 0 Å². The molecule has 1 aliphatic rings. The smallest absolute Gasteiger partial charge is 0.145 e. The van der Waals surface area contributed by atoms with Gasteiger partial charge in [-0.25, -0.2) is 0 Å². The lowest BCUT2D eigenvalue weighted by molar-refractivity contribution is 0.415. The van der Waals surface area contributed by atoms with Crippen molar-refractivity contribution < 1.29 is 4.74 Å². The molecule has 0 saturated carbocycles. The third-order valence-electron chi connectivity index (χ3n) is 5.62. The average Bonchev–Trinajstić information content (AvgIpc) is 3.16. The third kappa shape index (κ3) is 2.82. The number of benzene rings is 4. The molecule has 0 unspecified atom stereocenters. The Bertz CT molecular complexity index is 1120. The summed E-state index contributed by atoms with van der Waals surface area (Å²) in [5, 5.41) is 5.61. The molecule has 29 heavy (non-hydrogen) atoms. The van der Waals surface area contributed by atoms with E-state index in [2.05, 4.69) is 115 Å². The molecule has 0 aromatic heterocycles. The van der Waals surface area contributed by atoms with Crippen LogP contribution in [0.2, 0.25) is 0 Å². The van der Waals surface area contributed by atoms with Crippen molar-refractivity contribution in [1.82, 2.24) is 0 Å². The fourth-order valence-corrected chi connectivity index (χ4v) is 8.95. The predicted octanol–water partition coefficient (Wildman–Crippen LogP) is 5.50. The quantitative estimate of drug-likeness (QED) is 0.416. The summed E-state index contributed by atoms with van der Waals surface area (Å²) in [5.41, 5.74) is 2.57. The minimum atomic E-state index is -1.98. The Morgan fingerprint density at radius 1 is 0.586 bits per heavy atom. The number of ether oxygens (including phenoxy) is 1. The summed E-state index contributed by atoms with van der Waals surface area (Å²) in [6, 6.07) is 39.4. The highest BCUT2D eigenvalue weighted by molar-refractivity contribution is 8.04. The van der Waals surface area contributed by atoms with Crippen LogP contribution in [0.1, 0.15) is 11.1 Å². The maximum absolute atomic E-state index is 5.40. The van der Waals surface area contributed by atoms with E-state index in [9.17, 15) is 0 Å². The maximum atomic E-state index is 5.40. The average molecular weight is 393 g/mol. The van der Waals surface area contributed by atoms with Gasteiger partial charge in [0.15, 0.2) is 0 Å². The molecule has 0 bridgehead atoms. The summed E-state index contributed by atoms with van der Waals surface area (Å²) in [6.45, 7) is 0. The Hall–Kier alpha value is -3.15. The van der Waals surface area contributed by atoms with Crippen molar-refractivity contribution in [3.8, 4) is 5.75 Å². The van der Waals surface area contributed by atoms with Crippen LogP contribution in [0.3, 0.4) is 0 Å². The minimum absolute atomic E-state index is 0.883. The Balaban J connectivity index is 1.85. The van der Waals surface area contributed by atoms with Gasteiger partial charge in [-0.2, -0.15) is 0 Å². The first-order valence-electron chi connectivity index (χ1n) is 9.80. The van der Waals surface area contributed by atoms with Gasteiger partial charge in [0.05, 0.1) is 7.11 Å². The molecule has 1 heterocycles. The lowest BCUT2D eigenvalue weighted by atomic mass is 10.1. The van der Waals surface area contributed by atoms with E-state index < -0.39 is 7.26 Å². The van der Waals surface area contributed by atoms with Gasteiger partial charge in [0, 0.05) is 11.1 Å². The minimum Gasteiger partial charge on any atom is -0.497 e. The Labute approximate surface area is 172 Å². The van der Waals surface area contributed by atoms with Crippen LogP contribution in [0.4, 0.5) is 0 Å². The number of methoxy groups -OCH3 is 1. The SMILES string of the molecule is COc1ccc(C2=Cc3ccccc3[P+]2(c2ccccc2)c2ccccc2)cc1. The first-order valence-corrected chi connectivity index (χ1v) is 11.6. The lowest BCUT2D eigenvalue weighted by Crippen LogP contribution is -2.30. The maximum Gasteiger partial charge on any atom is 0.145 e. The summed E-state index contributed by atoms with van der Waals surface area (Å²) in [6.07, 6.45) is 2.39. The number of hydrogen-bond acceptors (Lipinski definition) is 1. The van der Waals surface area contributed by atoms with E-state index in [1.54, 1.807) is 7.11 Å². The summed E-state index contributed by atoms with van der Waals surface area (Å²) < 4.78 is 5.40. The molecule has 2 heteroatoms. The molecule has 0 N–H and O–H groups in total. The molecular weight excluding hydrogens is 371 g/mol. The zero-order chi connectivity index (χ0) is 19.7. The van der Waals surface area contributed by atoms with Crippen LogP contribution in [0.25, 0.3) is 11.4 Å². The third-order valence-corrected chi connectivity index (χ3v) is 10.0. The molecule has 5 rings (SSSR count). The van der Waals surface area contributed by atoms with Gasteiger partial charge in [-0.3, -0.25) is 0 Å². The Kier molecular flexibility index (Phi) is 4.54. The summed E-state index contributed by atoms with van der Waals surface area (Å²) >= 11 is 0. The zero-order valence-corrected chi connectivity index (χ0v) is 17.2. The van der Waals surface area contributed by atoms with Crippen molar-refractivity contribution in [1.29, 1.82) is 0 Å². The molecule has 1 aliphatic heterocycles. The zero-order valence-electron chi connectivity index (χ0n) is 16.3.